The maximum absolute atomic E-state index is 13.6. The summed E-state index contributed by atoms with van der Waals surface area (Å²) < 4.78 is 3.25. The SMILES string of the molecule is CCC(Sc1nnc2c3ccccc3n(Cc3ccc(Br)cc3)c2n1)C(=O)N1CCC(Cc2ccccc2)CC1. The molecule has 3 aromatic carbocycles. The van der Waals surface area contributed by atoms with Crippen molar-refractivity contribution < 1.29 is 4.79 Å². The monoisotopic (exact) mass is 613 g/mol. The van der Waals surface area contributed by atoms with Gasteiger partial charge in [0.25, 0.3) is 0 Å². The van der Waals surface area contributed by atoms with Gasteiger partial charge in [-0.1, -0.05) is 95.3 Å². The number of hydrogen-bond acceptors (Lipinski definition) is 5. The van der Waals surface area contributed by atoms with Crippen LogP contribution in [0, 0.1) is 5.92 Å². The van der Waals surface area contributed by atoms with E-state index in [1.807, 2.05) is 17.0 Å². The van der Waals surface area contributed by atoms with Crippen molar-refractivity contribution in [1.82, 2.24) is 24.6 Å². The molecule has 0 aliphatic carbocycles. The van der Waals surface area contributed by atoms with Gasteiger partial charge in [0.2, 0.25) is 11.1 Å². The fraction of sp³-hybridized carbons (Fsp3) is 0.312. The summed E-state index contributed by atoms with van der Waals surface area (Å²) in [4.78, 5) is 20.6. The Balaban J connectivity index is 1.19. The van der Waals surface area contributed by atoms with Crippen LogP contribution in [-0.4, -0.2) is 48.9 Å². The molecule has 6 rings (SSSR count). The van der Waals surface area contributed by atoms with Crippen molar-refractivity contribution in [3.8, 4) is 0 Å². The van der Waals surface area contributed by atoms with Gasteiger partial charge in [-0.25, -0.2) is 4.98 Å². The van der Waals surface area contributed by atoms with E-state index in [0.29, 0.717) is 17.6 Å². The van der Waals surface area contributed by atoms with Crippen LogP contribution in [0.2, 0.25) is 0 Å². The van der Waals surface area contributed by atoms with Gasteiger partial charge in [-0.2, -0.15) is 0 Å². The highest BCUT2D eigenvalue weighted by Gasteiger charge is 2.29. The molecule has 1 aliphatic heterocycles. The molecule has 1 aliphatic rings. The number of nitrogens with zero attached hydrogens (tertiary/aromatic N) is 5. The van der Waals surface area contributed by atoms with Crippen molar-refractivity contribution in [3.05, 3.63) is 94.5 Å². The Kier molecular flexibility index (Phi) is 8.16. The summed E-state index contributed by atoms with van der Waals surface area (Å²) in [6.45, 7) is 4.36. The summed E-state index contributed by atoms with van der Waals surface area (Å²) in [6.07, 6.45) is 3.89. The molecule has 2 aromatic heterocycles. The number of carbonyl (C=O) groups excluding carboxylic acids is 1. The third kappa shape index (κ3) is 5.79. The van der Waals surface area contributed by atoms with Crippen LogP contribution in [0.25, 0.3) is 22.1 Å². The number of halogens is 1. The summed E-state index contributed by atoms with van der Waals surface area (Å²) in [7, 11) is 0. The molecule has 1 atom stereocenters. The van der Waals surface area contributed by atoms with Crippen molar-refractivity contribution in [2.45, 2.75) is 49.6 Å². The first kappa shape index (κ1) is 27.0. The van der Waals surface area contributed by atoms with Crippen molar-refractivity contribution in [3.63, 3.8) is 0 Å². The van der Waals surface area contributed by atoms with Crippen LogP contribution in [0.3, 0.4) is 0 Å². The minimum atomic E-state index is -0.228. The summed E-state index contributed by atoms with van der Waals surface area (Å²) in [6, 6.07) is 27.2. The predicted molar refractivity (Wildman–Crippen MR) is 165 cm³/mol. The van der Waals surface area contributed by atoms with Crippen LogP contribution >= 0.6 is 27.7 Å². The zero-order valence-corrected chi connectivity index (χ0v) is 24.9. The van der Waals surface area contributed by atoms with Gasteiger partial charge < -0.3 is 9.47 Å². The van der Waals surface area contributed by atoms with Crippen molar-refractivity contribution >= 4 is 55.7 Å². The van der Waals surface area contributed by atoms with Gasteiger partial charge in [0.15, 0.2) is 5.65 Å². The second-order valence-corrected chi connectivity index (χ2v) is 12.6. The van der Waals surface area contributed by atoms with E-state index in [0.717, 1.165) is 65.3 Å². The molecule has 204 valence electrons. The highest BCUT2D eigenvalue weighted by molar-refractivity contribution is 9.10. The van der Waals surface area contributed by atoms with Gasteiger partial charge in [0, 0.05) is 29.5 Å². The highest BCUT2D eigenvalue weighted by Crippen LogP contribution is 2.31. The first-order chi connectivity index (χ1) is 19.6. The average molecular weight is 615 g/mol. The Hall–Kier alpha value is -3.23. The number of hydrogen-bond donors (Lipinski definition) is 0. The summed E-state index contributed by atoms with van der Waals surface area (Å²) >= 11 is 4.97. The molecule has 0 radical (unpaired) electrons. The Bertz CT molecular complexity index is 1610. The lowest BCUT2D eigenvalue weighted by Gasteiger charge is -2.34. The Labute approximate surface area is 247 Å². The smallest absolute Gasteiger partial charge is 0.236 e. The lowest BCUT2D eigenvalue weighted by Crippen LogP contribution is -2.43. The Morgan fingerprint density at radius 1 is 0.950 bits per heavy atom. The molecule has 0 N–H and O–H groups in total. The number of carbonyl (C=O) groups is 1. The van der Waals surface area contributed by atoms with Crippen LogP contribution in [0.5, 0.6) is 0 Å². The maximum Gasteiger partial charge on any atom is 0.236 e. The van der Waals surface area contributed by atoms with E-state index in [9.17, 15) is 4.79 Å². The fourth-order valence-corrected chi connectivity index (χ4v) is 6.78. The molecular weight excluding hydrogens is 582 g/mol. The number of thioether (sulfide) groups is 1. The van der Waals surface area contributed by atoms with Gasteiger partial charge >= 0.3 is 0 Å². The van der Waals surface area contributed by atoms with E-state index < -0.39 is 0 Å². The number of rotatable bonds is 8. The van der Waals surface area contributed by atoms with Crippen LogP contribution in [0.15, 0.2) is 88.5 Å². The summed E-state index contributed by atoms with van der Waals surface area (Å²) in [5.41, 5.74) is 5.22. The van der Waals surface area contributed by atoms with Crippen LogP contribution < -0.4 is 0 Å². The molecular formula is C32H32BrN5OS. The maximum atomic E-state index is 13.6. The van der Waals surface area contributed by atoms with Crippen LogP contribution in [0.4, 0.5) is 0 Å². The average Bonchev–Trinajstić information content (AvgIpc) is 3.30. The highest BCUT2D eigenvalue weighted by atomic mass is 79.9. The van der Waals surface area contributed by atoms with Crippen molar-refractivity contribution in [2.24, 2.45) is 5.92 Å². The molecule has 0 bridgehead atoms. The van der Waals surface area contributed by atoms with E-state index in [1.165, 1.54) is 22.9 Å². The number of benzene rings is 3. The summed E-state index contributed by atoms with van der Waals surface area (Å²) in [5.74, 6) is 0.812. The predicted octanol–water partition coefficient (Wildman–Crippen LogP) is 7.14. The van der Waals surface area contributed by atoms with E-state index in [1.54, 1.807) is 0 Å². The molecule has 0 spiro atoms. The normalized spacial score (nSPS) is 15.1. The molecule has 1 unspecified atom stereocenters. The number of likely N-dealkylation sites (tertiary alicyclic amines) is 1. The van der Waals surface area contributed by atoms with Gasteiger partial charge in [0.05, 0.1) is 10.8 Å². The first-order valence-electron chi connectivity index (χ1n) is 13.9. The van der Waals surface area contributed by atoms with Gasteiger partial charge in [-0.3, -0.25) is 4.79 Å². The zero-order chi connectivity index (χ0) is 27.5. The zero-order valence-electron chi connectivity index (χ0n) is 22.5. The third-order valence-electron chi connectivity index (χ3n) is 7.80. The van der Waals surface area contributed by atoms with E-state index in [2.05, 4.69) is 104 Å². The lowest BCUT2D eigenvalue weighted by atomic mass is 9.90. The quantitative estimate of drug-likeness (QED) is 0.174. The number of para-hydroxylation sites is 1. The van der Waals surface area contributed by atoms with Crippen molar-refractivity contribution in [1.29, 1.82) is 0 Å². The minimum absolute atomic E-state index is 0.185. The van der Waals surface area contributed by atoms with E-state index in [4.69, 9.17) is 4.98 Å². The Morgan fingerprint density at radius 2 is 1.68 bits per heavy atom. The number of fused-ring (bicyclic) bond motifs is 3. The largest absolute Gasteiger partial charge is 0.342 e. The topological polar surface area (TPSA) is 63.9 Å². The van der Waals surface area contributed by atoms with Gasteiger partial charge in [0.1, 0.15) is 5.52 Å². The molecule has 5 aromatic rings. The van der Waals surface area contributed by atoms with E-state index in [-0.39, 0.29) is 11.2 Å². The second kappa shape index (κ2) is 12.1. The molecule has 1 saturated heterocycles. The molecule has 8 heteroatoms. The number of aromatic nitrogens is 4. The molecule has 0 saturated carbocycles. The van der Waals surface area contributed by atoms with Gasteiger partial charge in [-0.05, 0) is 60.9 Å². The second-order valence-electron chi connectivity index (χ2n) is 10.5. The number of piperidine rings is 1. The summed E-state index contributed by atoms with van der Waals surface area (Å²) in [5, 5.41) is 10.4. The van der Waals surface area contributed by atoms with Crippen molar-refractivity contribution in [2.75, 3.05) is 13.1 Å². The Morgan fingerprint density at radius 3 is 2.42 bits per heavy atom. The molecule has 40 heavy (non-hydrogen) atoms. The fourth-order valence-electron chi connectivity index (χ4n) is 5.62. The first-order valence-corrected chi connectivity index (χ1v) is 15.6. The third-order valence-corrected chi connectivity index (χ3v) is 9.53. The molecule has 1 amide bonds. The molecule has 6 nitrogen and oxygen atoms in total. The van der Waals surface area contributed by atoms with E-state index >= 15 is 0 Å². The standard InChI is InChI=1S/C32H32BrN5OS/c1-2-28(31(39)37-18-16-23(17-19-37)20-22-8-4-3-5-9-22)40-32-34-30-29(35-36-32)26-10-6-7-11-27(26)38(30)21-24-12-14-25(33)15-13-24/h3-15,23,28H,2,16-21H2,1H3. The van der Waals surface area contributed by atoms with Crippen LogP contribution in [-0.2, 0) is 17.8 Å². The molecule has 1 fully saturated rings. The lowest BCUT2D eigenvalue weighted by molar-refractivity contribution is -0.132. The van der Waals surface area contributed by atoms with Crippen LogP contribution in [0.1, 0.15) is 37.3 Å². The van der Waals surface area contributed by atoms with Gasteiger partial charge in [-0.15, -0.1) is 10.2 Å². The molecule has 3 heterocycles. The minimum Gasteiger partial charge on any atom is -0.342 e. The number of amides is 1.